The topological polar surface area (TPSA) is 48.7 Å². The van der Waals surface area contributed by atoms with Crippen LogP contribution in [0.15, 0.2) is 18.3 Å². The minimum atomic E-state index is 0.404. The summed E-state index contributed by atoms with van der Waals surface area (Å²) < 4.78 is 0. The molecule has 0 radical (unpaired) electrons. The van der Waals surface area contributed by atoms with E-state index in [-0.39, 0.29) is 0 Å². The Morgan fingerprint density at radius 2 is 2.43 bits per heavy atom. The average molecular weight is 189 g/mol. The molecule has 3 nitrogen and oxygen atoms in total. The molecule has 0 bridgehead atoms. The van der Waals surface area contributed by atoms with E-state index in [0.717, 1.165) is 18.7 Å². The lowest BCUT2D eigenvalue weighted by Crippen LogP contribution is -2.15. The Hall–Kier alpha value is -1.56. The van der Waals surface area contributed by atoms with E-state index < -0.39 is 0 Å². The predicted octanol–water partition coefficient (Wildman–Crippen LogP) is 2.55. The number of nitrogens with one attached hydrogen (secondary N) is 1. The Balaban J connectivity index is 2.63. The third-order valence-electron chi connectivity index (χ3n) is 2.01. The Morgan fingerprint density at radius 3 is 3.07 bits per heavy atom. The molecular weight excluding hydrogens is 174 g/mol. The summed E-state index contributed by atoms with van der Waals surface area (Å²) in [5.41, 5.74) is 0.645. The second-order valence-electron chi connectivity index (χ2n) is 3.38. The molecule has 74 valence electrons. The van der Waals surface area contributed by atoms with Crippen molar-refractivity contribution in [3.05, 3.63) is 23.9 Å². The van der Waals surface area contributed by atoms with Crippen LogP contribution in [0, 0.1) is 11.3 Å². The molecule has 0 amide bonds. The van der Waals surface area contributed by atoms with Gasteiger partial charge in [0.15, 0.2) is 0 Å². The van der Waals surface area contributed by atoms with E-state index in [1.807, 2.05) is 0 Å². The van der Waals surface area contributed by atoms with E-state index in [1.165, 1.54) is 0 Å². The highest BCUT2D eigenvalue weighted by Crippen LogP contribution is 2.09. The van der Waals surface area contributed by atoms with Crippen LogP contribution in [0.25, 0.3) is 0 Å². The molecular formula is C11H15N3. The van der Waals surface area contributed by atoms with Crippen LogP contribution in [0.2, 0.25) is 0 Å². The average Bonchev–Trinajstić information content (AvgIpc) is 2.18. The smallest absolute Gasteiger partial charge is 0.127 e. The van der Waals surface area contributed by atoms with Gasteiger partial charge in [-0.2, -0.15) is 5.26 Å². The molecule has 0 aliphatic rings. The van der Waals surface area contributed by atoms with Crippen molar-refractivity contribution in [3.63, 3.8) is 0 Å². The third-order valence-corrected chi connectivity index (χ3v) is 2.01. The van der Waals surface area contributed by atoms with Crippen molar-refractivity contribution in [2.45, 2.75) is 32.7 Å². The lowest BCUT2D eigenvalue weighted by Gasteiger charge is -2.12. The molecule has 0 aliphatic heterocycles. The number of pyridine rings is 1. The van der Waals surface area contributed by atoms with Crippen LogP contribution >= 0.6 is 0 Å². The lowest BCUT2D eigenvalue weighted by atomic mass is 10.2. The highest BCUT2D eigenvalue weighted by molar-refractivity contribution is 5.42. The van der Waals surface area contributed by atoms with E-state index >= 15 is 0 Å². The summed E-state index contributed by atoms with van der Waals surface area (Å²) in [5, 5.41) is 11.9. The zero-order valence-electron chi connectivity index (χ0n) is 8.62. The first-order chi connectivity index (χ1) is 6.76. The predicted molar refractivity (Wildman–Crippen MR) is 56.9 cm³/mol. The van der Waals surface area contributed by atoms with E-state index in [1.54, 1.807) is 18.3 Å². The van der Waals surface area contributed by atoms with Gasteiger partial charge in [0.05, 0.1) is 11.6 Å². The summed E-state index contributed by atoms with van der Waals surface area (Å²) in [6.07, 6.45) is 3.91. The summed E-state index contributed by atoms with van der Waals surface area (Å²) in [6.45, 7) is 4.27. The van der Waals surface area contributed by atoms with Gasteiger partial charge in [-0.3, -0.25) is 0 Å². The van der Waals surface area contributed by atoms with E-state index in [2.05, 4.69) is 30.2 Å². The van der Waals surface area contributed by atoms with Crippen molar-refractivity contribution in [2.24, 2.45) is 0 Å². The first-order valence-corrected chi connectivity index (χ1v) is 4.89. The minimum absolute atomic E-state index is 0.404. The summed E-state index contributed by atoms with van der Waals surface area (Å²) in [4.78, 5) is 4.15. The van der Waals surface area contributed by atoms with Crippen LogP contribution in [-0.2, 0) is 0 Å². The van der Waals surface area contributed by atoms with Crippen molar-refractivity contribution < 1.29 is 0 Å². The zero-order valence-corrected chi connectivity index (χ0v) is 8.62. The fourth-order valence-corrected chi connectivity index (χ4v) is 1.34. The molecule has 1 unspecified atom stereocenters. The molecule has 0 aromatic carbocycles. The van der Waals surface area contributed by atoms with Gasteiger partial charge in [0, 0.05) is 12.2 Å². The molecule has 1 N–H and O–H groups in total. The van der Waals surface area contributed by atoms with Gasteiger partial charge in [0.25, 0.3) is 0 Å². The lowest BCUT2D eigenvalue weighted by molar-refractivity contribution is 0.687. The maximum Gasteiger partial charge on any atom is 0.127 e. The summed E-state index contributed by atoms with van der Waals surface area (Å²) in [5.74, 6) is 0.782. The molecule has 3 heteroatoms. The minimum Gasteiger partial charge on any atom is -0.368 e. The second-order valence-corrected chi connectivity index (χ2v) is 3.38. The van der Waals surface area contributed by atoms with Crippen molar-refractivity contribution in [1.29, 1.82) is 5.26 Å². The fraction of sp³-hybridized carbons (Fsp3) is 0.455. The molecule has 1 aromatic heterocycles. The van der Waals surface area contributed by atoms with Crippen molar-refractivity contribution >= 4 is 5.82 Å². The van der Waals surface area contributed by atoms with Crippen molar-refractivity contribution in [1.82, 2.24) is 4.98 Å². The van der Waals surface area contributed by atoms with Gasteiger partial charge in [-0.25, -0.2) is 4.98 Å². The molecule has 0 fully saturated rings. The normalized spacial score (nSPS) is 11.8. The van der Waals surface area contributed by atoms with Gasteiger partial charge in [-0.1, -0.05) is 13.3 Å². The molecule has 0 aliphatic carbocycles. The molecule has 0 spiro atoms. The van der Waals surface area contributed by atoms with Gasteiger partial charge in [-0.05, 0) is 25.5 Å². The largest absolute Gasteiger partial charge is 0.368 e. The quantitative estimate of drug-likeness (QED) is 0.791. The second kappa shape index (κ2) is 5.23. The number of rotatable bonds is 4. The third kappa shape index (κ3) is 3.06. The van der Waals surface area contributed by atoms with Crippen LogP contribution in [0.3, 0.4) is 0 Å². The number of hydrogen-bond donors (Lipinski definition) is 1. The van der Waals surface area contributed by atoms with Gasteiger partial charge in [0.2, 0.25) is 0 Å². The number of hydrogen-bond acceptors (Lipinski definition) is 3. The first-order valence-electron chi connectivity index (χ1n) is 4.89. The van der Waals surface area contributed by atoms with E-state index in [9.17, 15) is 0 Å². The van der Waals surface area contributed by atoms with Gasteiger partial charge in [0.1, 0.15) is 5.82 Å². The Morgan fingerprint density at radius 1 is 1.64 bits per heavy atom. The van der Waals surface area contributed by atoms with Crippen LogP contribution in [0.1, 0.15) is 32.3 Å². The summed E-state index contributed by atoms with van der Waals surface area (Å²) >= 11 is 0. The van der Waals surface area contributed by atoms with Crippen molar-refractivity contribution in [2.75, 3.05) is 5.32 Å². The van der Waals surface area contributed by atoms with E-state index in [0.29, 0.717) is 11.6 Å². The number of aromatic nitrogens is 1. The molecule has 1 rings (SSSR count). The first kappa shape index (κ1) is 10.5. The fourth-order valence-electron chi connectivity index (χ4n) is 1.34. The number of nitrogens with zero attached hydrogens (tertiary/aromatic N) is 2. The van der Waals surface area contributed by atoms with Gasteiger partial charge < -0.3 is 5.32 Å². The maximum absolute atomic E-state index is 8.69. The molecule has 0 saturated heterocycles. The van der Waals surface area contributed by atoms with Gasteiger partial charge in [-0.15, -0.1) is 0 Å². The standard InChI is InChI=1S/C11H15N3/c1-3-4-9(2)14-11-7-10(8-12)5-6-13-11/h5-7,9H,3-4H2,1-2H3,(H,13,14). The monoisotopic (exact) mass is 189 g/mol. The SMILES string of the molecule is CCCC(C)Nc1cc(C#N)ccn1. The van der Waals surface area contributed by atoms with Crippen LogP contribution in [0.4, 0.5) is 5.82 Å². The van der Waals surface area contributed by atoms with Crippen LogP contribution in [-0.4, -0.2) is 11.0 Å². The Kier molecular flexibility index (Phi) is 3.93. The highest BCUT2D eigenvalue weighted by atomic mass is 15.0. The summed E-state index contributed by atoms with van der Waals surface area (Å²) in [7, 11) is 0. The number of anilines is 1. The Labute approximate surface area is 84.8 Å². The highest BCUT2D eigenvalue weighted by Gasteiger charge is 2.01. The van der Waals surface area contributed by atoms with Crippen LogP contribution < -0.4 is 5.32 Å². The van der Waals surface area contributed by atoms with Gasteiger partial charge >= 0.3 is 0 Å². The molecule has 1 heterocycles. The molecule has 1 atom stereocenters. The van der Waals surface area contributed by atoms with E-state index in [4.69, 9.17) is 5.26 Å². The van der Waals surface area contributed by atoms with Crippen LogP contribution in [0.5, 0.6) is 0 Å². The zero-order chi connectivity index (χ0) is 10.4. The van der Waals surface area contributed by atoms with Crippen molar-refractivity contribution in [3.8, 4) is 6.07 Å². The summed E-state index contributed by atoms with van der Waals surface area (Å²) in [6, 6.07) is 5.97. The molecule has 1 aromatic rings. The molecule has 14 heavy (non-hydrogen) atoms. The molecule has 0 saturated carbocycles. The maximum atomic E-state index is 8.69. The number of nitriles is 1. The Bertz CT molecular complexity index is 328.